The molecule has 2 saturated carbocycles. The SMILES string of the molecule is C1CCC(NC2CCCCC2)CC1.COc1cccc(C(=O)CSCC(Cc2ccccc2)C(=O)NCC(=O)O)c1. The lowest BCUT2D eigenvalue weighted by molar-refractivity contribution is -0.138. The van der Waals surface area contributed by atoms with E-state index in [0.29, 0.717) is 23.5 Å². The van der Waals surface area contributed by atoms with Crippen LogP contribution >= 0.6 is 11.8 Å². The Labute approximate surface area is 249 Å². The maximum atomic E-state index is 12.4. The molecule has 0 spiro atoms. The molecule has 1 amide bonds. The van der Waals surface area contributed by atoms with Crippen LogP contribution in [0.3, 0.4) is 0 Å². The van der Waals surface area contributed by atoms with Crippen LogP contribution in [0.5, 0.6) is 5.75 Å². The van der Waals surface area contributed by atoms with E-state index in [1.165, 1.54) is 76.0 Å². The van der Waals surface area contributed by atoms with Crippen LogP contribution in [0.1, 0.15) is 80.1 Å². The van der Waals surface area contributed by atoms with Gasteiger partial charge in [-0.2, -0.15) is 11.8 Å². The number of thioether (sulfide) groups is 1. The molecule has 0 heterocycles. The Morgan fingerprint density at radius 1 is 0.902 bits per heavy atom. The van der Waals surface area contributed by atoms with E-state index < -0.39 is 18.4 Å². The van der Waals surface area contributed by atoms with E-state index in [9.17, 15) is 14.4 Å². The van der Waals surface area contributed by atoms with E-state index in [-0.39, 0.29) is 17.4 Å². The summed E-state index contributed by atoms with van der Waals surface area (Å²) < 4.78 is 5.13. The second-order valence-electron chi connectivity index (χ2n) is 11.0. The minimum atomic E-state index is -1.09. The van der Waals surface area contributed by atoms with Gasteiger partial charge in [0.25, 0.3) is 0 Å². The number of rotatable bonds is 13. The van der Waals surface area contributed by atoms with E-state index in [0.717, 1.165) is 17.6 Å². The van der Waals surface area contributed by atoms with Crippen LogP contribution in [0.4, 0.5) is 0 Å². The average molecular weight is 583 g/mol. The van der Waals surface area contributed by atoms with Crippen molar-refractivity contribution in [3.8, 4) is 5.75 Å². The first-order valence-electron chi connectivity index (χ1n) is 15.0. The van der Waals surface area contributed by atoms with E-state index in [1.54, 1.807) is 31.4 Å². The van der Waals surface area contributed by atoms with Crippen molar-refractivity contribution in [2.45, 2.75) is 82.7 Å². The molecule has 0 radical (unpaired) electrons. The first-order valence-corrected chi connectivity index (χ1v) is 16.1. The largest absolute Gasteiger partial charge is 0.497 e. The van der Waals surface area contributed by atoms with Crippen molar-refractivity contribution in [3.63, 3.8) is 0 Å². The molecule has 0 bridgehead atoms. The minimum Gasteiger partial charge on any atom is -0.497 e. The fourth-order valence-corrected chi connectivity index (χ4v) is 6.50. The second kappa shape index (κ2) is 18.6. The van der Waals surface area contributed by atoms with Crippen molar-refractivity contribution < 1.29 is 24.2 Å². The van der Waals surface area contributed by atoms with Crippen molar-refractivity contribution in [1.82, 2.24) is 10.6 Å². The lowest BCUT2D eigenvalue weighted by atomic mass is 9.91. The molecule has 2 aromatic carbocycles. The minimum absolute atomic E-state index is 0.0479. The number of carboxylic acid groups (broad SMARTS) is 1. The molecule has 0 aromatic heterocycles. The number of carbonyl (C=O) groups is 3. The monoisotopic (exact) mass is 582 g/mol. The Bertz CT molecular complexity index is 1050. The molecule has 8 heteroatoms. The third-order valence-corrected chi connectivity index (χ3v) is 8.84. The maximum Gasteiger partial charge on any atom is 0.322 e. The lowest BCUT2D eigenvalue weighted by Crippen LogP contribution is -2.40. The van der Waals surface area contributed by atoms with Crippen molar-refractivity contribution in [2.75, 3.05) is 25.2 Å². The summed E-state index contributed by atoms with van der Waals surface area (Å²) in [5, 5.41) is 15.1. The number of nitrogens with one attached hydrogen (secondary N) is 2. The zero-order chi connectivity index (χ0) is 29.3. The first kappa shape index (κ1) is 32.7. The van der Waals surface area contributed by atoms with Crippen LogP contribution in [0, 0.1) is 5.92 Å². The molecule has 224 valence electrons. The molecule has 1 unspecified atom stereocenters. The van der Waals surface area contributed by atoms with Crippen LogP contribution < -0.4 is 15.4 Å². The van der Waals surface area contributed by atoms with E-state index in [1.807, 2.05) is 30.3 Å². The predicted octanol–water partition coefficient (Wildman–Crippen LogP) is 5.91. The van der Waals surface area contributed by atoms with Crippen molar-refractivity contribution in [3.05, 3.63) is 65.7 Å². The molecule has 4 rings (SSSR count). The van der Waals surface area contributed by atoms with Gasteiger partial charge in [0, 0.05) is 23.4 Å². The van der Waals surface area contributed by atoms with Crippen LogP contribution in [-0.4, -0.2) is 60.0 Å². The third-order valence-electron chi connectivity index (χ3n) is 7.74. The number of ether oxygens (including phenoxy) is 1. The smallest absolute Gasteiger partial charge is 0.322 e. The zero-order valence-electron chi connectivity index (χ0n) is 24.3. The molecule has 1 atom stereocenters. The van der Waals surface area contributed by atoms with Gasteiger partial charge in [0.05, 0.1) is 18.8 Å². The van der Waals surface area contributed by atoms with E-state index in [2.05, 4.69) is 10.6 Å². The Morgan fingerprint density at radius 2 is 1.54 bits per heavy atom. The van der Waals surface area contributed by atoms with Crippen LogP contribution in [0.2, 0.25) is 0 Å². The first-order chi connectivity index (χ1) is 19.9. The highest BCUT2D eigenvalue weighted by Gasteiger charge is 2.21. The van der Waals surface area contributed by atoms with Gasteiger partial charge in [0.2, 0.25) is 5.91 Å². The van der Waals surface area contributed by atoms with Gasteiger partial charge in [-0.05, 0) is 49.8 Å². The number of amides is 1. The van der Waals surface area contributed by atoms with Gasteiger partial charge in [0.1, 0.15) is 12.3 Å². The number of hydrogen-bond donors (Lipinski definition) is 3. The van der Waals surface area contributed by atoms with Gasteiger partial charge in [-0.3, -0.25) is 14.4 Å². The fraction of sp³-hybridized carbons (Fsp3) is 0.545. The molecule has 7 nitrogen and oxygen atoms in total. The van der Waals surface area contributed by atoms with Crippen molar-refractivity contribution >= 4 is 29.4 Å². The molecular weight excluding hydrogens is 536 g/mol. The lowest BCUT2D eigenvalue weighted by Gasteiger charge is -2.30. The summed E-state index contributed by atoms with van der Waals surface area (Å²) in [4.78, 5) is 35.5. The summed E-state index contributed by atoms with van der Waals surface area (Å²) >= 11 is 1.36. The highest BCUT2D eigenvalue weighted by atomic mass is 32.2. The summed E-state index contributed by atoms with van der Waals surface area (Å²) in [7, 11) is 1.54. The Hall–Kier alpha value is -2.84. The maximum absolute atomic E-state index is 12.4. The molecule has 2 fully saturated rings. The third kappa shape index (κ3) is 12.7. The Kier molecular flexibility index (Phi) is 14.8. The Morgan fingerprint density at radius 3 is 2.12 bits per heavy atom. The quantitative estimate of drug-likeness (QED) is 0.252. The number of methoxy groups -OCH3 is 1. The number of Topliss-reactive ketones (excluding diaryl/α,β-unsaturated/α-hetero) is 1. The Balaban J connectivity index is 0.000000294. The predicted molar refractivity (Wildman–Crippen MR) is 166 cm³/mol. The molecule has 2 aliphatic rings. The van der Waals surface area contributed by atoms with Gasteiger partial charge in [-0.25, -0.2) is 0 Å². The topological polar surface area (TPSA) is 105 Å². The van der Waals surface area contributed by atoms with Crippen LogP contribution in [0.25, 0.3) is 0 Å². The number of ketones is 1. The van der Waals surface area contributed by atoms with Gasteiger partial charge < -0.3 is 20.5 Å². The number of carboxylic acids is 1. The normalized spacial score (nSPS) is 16.6. The molecule has 0 saturated heterocycles. The van der Waals surface area contributed by atoms with E-state index in [4.69, 9.17) is 9.84 Å². The number of carbonyl (C=O) groups excluding carboxylic acids is 2. The second-order valence-corrected chi connectivity index (χ2v) is 12.0. The summed E-state index contributed by atoms with van der Waals surface area (Å²) in [6.45, 7) is -0.419. The highest BCUT2D eigenvalue weighted by molar-refractivity contribution is 8.00. The molecular formula is C33H46N2O5S. The van der Waals surface area contributed by atoms with Gasteiger partial charge >= 0.3 is 5.97 Å². The molecule has 41 heavy (non-hydrogen) atoms. The van der Waals surface area contributed by atoms with Gasteiger partial charge in [0.15, 0.2) is 5.78 Å². The molecule has 2 aliphatic carbocycles. The summed E-state index contributed by atoms with van der Waals surface area (Å²) in [5.74, 6) is -0.634. The van der Waals surface area contributed by atoms with E-state index >= 15 is 0 Å². The number of hydrogen-bond acceptors (Lipinski definition) is 6. The van der Waals surface area contributed by atoms with Crippen LogP contribution in [-0.2, 0) is 16.0 Å². The fourth-order valence-electron chi connectivity index (χ4n) is 5.48. The van der Waals surface area contributed by atoms with Crippen LogP contribution in [0.15, 0.2) is 54.6 Å². The number of aliphatic carboxylic acids is 1. The highest BCUT2D eigenvalue weighted by Crippen LogP contribution is 2.23. The zero-order valence-corrected chi connectivity index (χ0v) is 25.1. The van der Waals surface area contributed by atoms with Crippen molar-refractivity contribution in [2.24, 2.45) is 5.92 Å². The summed E-state index contributed by atoms with van der Waals surface area (Å²) in [6, 6.07) is 18.2. The summed E-state index contributed by atoms with van der Waals surface area (Å²) in [6.07, 6.45) is 15.0. The van der Waals surface area contributed by atoms with Gasteiger partial charge in [-0.15, -0.1) is 0 Å². The molecule has 3 N–H and O–H groups in total. The molecule has 2 aromatic rings. The van der Waals surface area contributed by atoms with Gasteiger partial charge in [-0.1, -0.05) is 81.0 Å². The number of benzene rings is 2. The summed E-state index contributed by atoms with van der Waals surface area (Å²) in [5.41, 5.74) is 1.54. The average Bonchev–Trinajstić information content (AvgIpc) is 3.01. The standard InChI is InChI=1S/C21H23NO5S.C12H23N/c1-27-18-9-5-8-16(11-18)19(23)14-28-13-17(21(26)22-12-20(24)25)10-15-6-3-2-4-7-15;1-3-7-11(8-4-1)13-12-9-5-2-6-10-12/h2-9,11,17H,10,12-14H2,1H3,(H,22,26)(H,24,25);11-13H,1-10H2. The van der Waals surface area contributed by atoms with Crippen molar-refractivity contribution in [1.29, 1.82) is 0 Å². The molecule has 0 aliphatic heterocycles.